The van der Waals surface area contributed by atoms with E-state index in [9.17, 15) is 18.7 Å². The number of carbonyl (C=O) groups excluding carboxylic acids is 1. The summed E-state index contributed by atoms with van der Waals surface area (Å²) in [5.41, 5.74) is -0.948. The molecule has 1 aromatic heterocycles. The minimum Gasteiger partial charge on any atom is -0.383 e. The fourth-order valence-corrected chi connectivity index (χ4v) is 2.82. The molecule has 0 saturated carbocycles. The number of hydrogen-bond acceptors (Lipinski definition) is 3. The number of halogens is 2. The summed E-state index contributed by atoms with van der Waals surface area (Å²) < 4.78 is 26.5. The molecule has 0 spiro atoms. The van der Waals surface area contributed by atoms with E-state index >= 15 is 0 Å². The first-order valence-electron chi connectivity index (χ1n) is 7.10. The first-order chi connectivity index (χ1) is 10.9. The highest BCUT2D eigenvalue weighted by Gasteiger charge is 2.24. The van der Waals surface area contributed by atoms with Gasteiger partial charge in [-0.05, 0) is 48.6 Å². The van der Waals surface area contributed by atoms with E-state index in [4.69, 9.17) is 0 Å². The highest BCUT2D eigenvalue weighted by atomic mass is 32.1. The van der Waals surface area contributed by atoms with Crippen molar-refractivity contribution < 1.29 is 18.7 Å². The summed E-state index contributed by atoms with van der Waals surface area (Å²) in [7, 11) is 0. The average Bonchev–Trinajstić information content (AvgIpc) is 3.04. The topological polar surface area (TPSA) is 61.4 Å². The van der Waals surface area contributed by atoms with Crippen molar-refractivity contribution >= 4 is 17.4 Å². The maximum Gasteiger partial charge on any atom is 0.314 e. The molecule has 0 bridgehead atoms. The Morgan fingerprint density at radius 1 is 1.30 bits per heavy atom. The van der Waals surface area contributed by atoms with E-state index in [-0.39, 0.29) is 25.1 Å². The van der Waals surface area contributed by atoms with Gasteiger partial charge in [-0.1, -0.05) is 6.07 Å². The summed E-state index contributed by atoms with van der Waals surface area (Å²) in [6.45, 7) is 1.82. The molecule has 0 aliphatic carbocycles. The molecule has 0 radical (unpaired) electrons. The third-order valence-corrected chi connectivity index (χ3v) is 4.46. The van der Waals surface area contributed by atoms with Crippen molar-refractivity contribution in [3.05, 3.63) is 57.8 Å². The van der Waals surface area contributed by atoms with Crippen molar-refractivity contribution in [3.8, 4) is 0 Å². The van der Waals surface area contributed by atoms with Gasteiger partial charge >= 0.3 is 6.03 Å². The second-order valence-electron chi connectivity index (χ2n) is 5.35. The number of amides is 2. The zero-order valence-corrected chi connectivity index (χ0v) is 13.4. The van der Waals surface area contributed by atoms with Crippen LogP contribution in [0.1, 0.15) is 17.4 Å². The van der Waals surface area contributed by atoms with Gasteiger partial charge in [-0.15, -0.1) is 11.3 Å². The summed E-state index contributed by atoms with van der Waals surface area (Å²) >= 11 is 1.40. The Morgan fingerprint density at radius 3 is 2.78 bits per heavy atom. The lowest BCUT2D eigenvalue weighted by molar-refractivity contribution is 0.0631. The summed E-state index contributed by atoms with van der Waals surface area (Å²) in [5.74, 6) is -1.02. The third kappa shape index (κ3) is 5.01. The molecule has 0 unspecified atom stereocenters. The van der Waals surface area contributed by atoms with Gasteiger partial charge in [0.05, 0.1) is 6.54 Å². The zero-order valence-electron chi connectivity index (χ0n) is 12.6. The molecular formula is C16H18F2N2O2S. The Balaban J connectivity index is 1.76. The fourth-order valence-electron chi connectivity index (χ4n) is 2.03. The maximum absolute atomic E-state index is 13.4. The third-order valence-electron chi connectivity index (χ3n) is 3.33. The molecule has 1 aromatic carbocycles. The van der Waals surface area contributed by atoms with E-state index < -0.39 is 23.3 Å². The van der Waals surface area contributed by atoms with Gasteiger partial charge in [-0.3, -0.25) is 0 Å². The zero-order chi connectivity index (χ0) is 16.9. The van der Waals surface area contributed by atoms with E-state index in [1.54, 1.807) is 13.0 Å². The van der Waals surface area contributed by atoms with Crippen LogP contribution in [0.5, 0.6) is 0 Å². The van der Waals surface area contributed by atoms with E-state index in [0.717, 1.165) is 23.1 Å². The second kappa shape index (κ2) is 7.52. The number of benzene rings is 1. The van der Waals surface area contributed by atoms with Crippen LogP contribution in [-0.2, 0) is 12.0 Å². The molecule has 2 amide bonds. The predicted molar refractivity (Wildman–Crippen MR) is 85.4 cm³/mol. The Morgan fingerprint density at radius 2 is 2.09 bits per heavy atom. The van der Waals surface area contributed by atoms with Gasteiger partial charge in [0.25, 0.3) is 0 Å². The van der Waals surface area contributed by atoms with Crippen LogP contribution in [0.2, 0.25) is 0 Å². The molecule has 1 heterocycles. The number of nitrogens with one attached hydrogen (secondary N) is 2. The van der Waals surface area contributed by atoms with E-state index in [1.165, 1.54) is 11.3 Å². The molecule has 7 heteroatoms. The summed E-state index contributed by atoms with van der Waals surface area (Å²) in [6.07, 6.45) is 0.179. The van der Waals surface area contributed by atoms with E-state index in [2.05, 4.69) is 10.6 Å². The summed E-state index contributed by atoms with van der Waals surface area (Å²) in [6, 6.07) is 6.35. The van der Waals surface area contributed by atoms with Crippen LogP contribution >= 0.6 is 11.3 Å². The molecule has 2 rings (SSSR count). The van der Waals surface area contributed by atoms with Gasteiger partial charge in [-0.2, -0.15) is 0 Å². The first kappa shape index (κ1) is 17.4. The van der Waals surface area contributed by atoms with Crippen molar-refractivity contribution in [1.82, 2.24) is 10.6 Å². The average molecular weight is 340 g/mol. The van der Waals surface area contributed by atoms with Gasteiger partial charge in [0.1, 0.15) is 17.2 Å². The molecule has 4 nitrogen and oxygen atoms in total. The standard InChI is InChI=1S/C16H18F2N2O2S/c1-16(22,14-3-2-8-23-14)10-20-15(21)19-7-6-11-9-12(17)4-5-13(11)18/h2-5,8-9,22H,6-7,10H2,1H3,(H2,19,20,21)/t16-/m0/s1. The van der Waals surface area contributed by atoms with Crippen molar-refractivity contribution in [3.63, 3.8) is 0 Å². The summed E-state index contributed by atoms with van der Waals surface area (Å²) in [5, 5.41) is 17.2. The Labute approximate surface area is 137 Å². The van der Waals surface area contributed by atoms with Crippen LogP contribution in [0.3, 0.4) is 0 Å². The van der Waals surface area contributed by atoms with Crippen LogP contribution in [0.25, 0.3) is 0 Å². The Kier molecular flexibility index (Phi) is 5.68. The minimum atomic E-state index is -1.15. The largest absolute Gasteiger partial charge is 0.383 e. The molecule has 3 N–H and O–H groups in total. The van der Waals surface area contributed by atoms with E-state index in [1.807, 2.05) is 11.4 Å². The van der Waals surface area contributed by atoms with Gasteiger partial charge in [0.2, 0.25) is 0 Å². The number of carbonyl (C=O) groups is 1. The van der Waals surface area contributed by atoms with Crippen molar-refractivity contribution in [1.29, 1.82) is 0 Å². The molecule has 1 atom stereocenters. The number of aliphatic hydroxyl groups is 1. The van der Waals surface area contributed by atoms with Crippen LogP contribution < -0.4 is 10.6 Å². The second-order valence-corrected chi connectivity index (χ2v) is 6.29. The van der Waals surface area contributed by atoms with Gasteiger partial charge in [0.15, 0.2) is 0 Å². The molecule has 0 aliphatic heterocycles. The number of thiophene rings is 1. The molecule has 0 aliphatic rings. The van der Waals surface area contributed by atoms with Gasteiger partial charge in [-0.25, -0.2) is 13.6 Å². The van der Waals surface area contributed by atoms with Crippen LogP contribution in [-0.4, -0.2) is 24.2 Å². The molecule has 0 saturated heterocycles. The molecule has 0 fully saturated rings. The lowest BCUT2D eigenvalue weighted by Gasteiger charge is -2.22. The SMILES string of the molecule is C[C@](O)(CNC(=O)NCCc1cc(F)ccc1F)c1cccs1. The molecular weight excluding hydrogens is 322 g/mol. The summed E-state index contributed by atoms with van der Waals surface area (Å²) in [4.78, 5) is 12.5. The number of urea groups is 1. The fraction of sp³-hybridized carbons (Fsp3) is 0.312. The van der Waals surface area contributed by atoms with Crippen molar-refractivity contribution in [2.75, 3.05) is 13.1 Å². The minimum absolute atomic E-state index is 0.0493. The molecule has 124 valence electrons. The highest BCUT2D eigenvalue weighted by Crippen LogP contribution is 2.24. The van der Waals surface area contributed by atoms with Gasteiger partial charge < -0.3 is 15.7 Å². The Hall–Kier alpha value is -1.99. The van der Waals surface area contributed by atoms with E-state index in [0.29, 0.717) is 0 Å². The highest BCUT2D eigenvalue weighted by molar-refractivity contribution is 7.10. The van der Waals surface area contributed by atoms with Crippen molar-refractivity contribution in [2.45, 2.75) is 18.9 Å². The predicted octanol–water partition coefficient (Wildman–Crippen LogP) is 2.78. The maximum atomic E-state index is 13.4. The van der Waals surface area contributed by atoms with Crippen LogP contribution in [0.4, 0.5) is 13.6 Å². The number of rotatable bonds is 6. The lowest BCUT2D eigenvalue weighted by atomic mass is 10.1. The molecule has 2 aromatic rings. The van der Waals surface area contributed by atoms with Crippen molar-refractivity contribution in [2.24, 2.45) is 0 Å². The number of hydrogen-bond donors (Lipinski definition) is 3. The lowest BCUT2D eigenvalue weighted by Crippen LogP contribution is -2.43. The smallest absolute Gasteiger partial charge is 0.314 e. The normalized spacial score (nSPS) is 13.4. The molecule has 23 heavy (non-hydrogen) atoms. The van der Waals surface area contributed by atoms with Crippen LogP contribution in [0.15, 0.2) is 35.7 Å². The first-order valence-corrected chi connectivity index (χ1v) is 7.98. The van der Waals surface area contributed by atoms with Gasteiger partial charge in [0, 0.05) is 11.4 Å². The Bertz CT molecular complexity index is 660. The van der Waals surface area contributed by atoms with Crippen LogP contribution in [0, 0.1) is 11.6 Å². The quantitative estimate of drug-likeness (QED) is 0.757. The monoisotopic (exact) mass is 340 g/mol.